The molecular formula is C11H14O4S. The molecule has 0 aromatic heterocycles. The van der Waals surface area contributed by atoms with E-state index in [1.54, 1.807) is 24.3 Å². The Morgan fingerprint density at radius 1 is 1.25 bits per heavy atom. The van der Waals surface area contributed by atoms with Crippen molar-refractivity contribution in [3.05, 3.63) is 30.3 Å². The van der Waals surface area contributed by atoms with E-state index in [1.807, 2.05) is 6.07 Å². The molecular weight excluding hydrogens is 228 g/mol. The number of rotatable bonds is 4. The van der Waals surface area contributed by atoms with Crippen LogP contribution >= 0.6 is 0 Å². The van der Waals surface area contributed by atoms with E-state index in [-0.39, 0.29) is 0 Å². The summed E-state index contributed by atoms with van der Waals surface area (Å²) < 4.78 is 21.5. The van der Waals surface area contributed by atoms with Gasteiger partial charge in [-0.2, -0.15) is 0 Å². The molecule has 0 fully saturated rings. The van der Waals surface area contributed by atoms with Gasteiger partial charge in [-0.3, -0.25) is 4.18 Å². The topological polar surface area (TPSA) is 52.6 Å². The van der Waals surface area contributed by atoms with E-state index in [4.69, 9.17) is 4.18 Å². The number of ether oxygens (including phenoxy) is 1. The SMILES string of the molecule is COC(=O)C(C)(C)OS(=O)c1ccccc1. The van der Waals surface area contributed by atoms with Crippen molar-refractivity contribution >= 4 is 17.0 Å². The van der Waals surface area contributed by atoms with Crippen LogP contribution in [0, 0.1) is 0 Å². The number of hydrogen-bond donors (Lipinski definition) is 0. The van der Waals surface area contributed by atoms with Crippen LogP contribution < -0.4 is 0 Å². The number of methoxy groups -OCH3 is 1. The highest BCUT2D eigenvalue weighted by Gasteiger charge is 2.32. The van der Waals surface area contributed by atoms with Crippen molar-refractivity contribution in [2.45, 2.75) is 24.3 Å². The predicted octanol–water partition coefficient (Wildman–Crippen LogP) is 1.68. The first kappa shape index (κ1) is 12.9. The van der Waals surface area contributed by atoms with Crippen LogP contribution in [0.1, 0.15) is 13.8 Å². The van der Waals surface area contributed by atoms with Crippen LogP contribution in [0.2, 0.25) is 0 Å². The van der Waals surface area contributed by atoms with Gasteiger partial charge in [-0.05, 0) is 26.0 Å². The molecule has 0 radical (unpaired) electrons. The summed E-state index contributed by atoms with van der Waals surface area (Å²) in [7, 11) is 1.26. The first-order valence-electron chi connectivity index (χ1n) is 4.72. The Kier molecular flexibility index (Phi) is 4.20. The van der Waals surface area contributed by atoms with Gasteiger partial charge < -0.3 is 4.74 Å². The van der Waals surface area contributed by atoms with E-state index < -0.39 is 22.7 Å². The zero-order valence-corrected chi connectivity index (χ0v) is 10.2. The maximum absolute atomic E-state index is 11.8. The number of hydrogen-bond acceptors (Lipinski definition) is 4. The monoisotopic (exact) mass is 242 g/mol. The van der Waals surface area contributed by atoms with Crippen molar-refractivity contribution < 1.29 is 17.9 Å². The van der Waals surface area contributed by atoms with Crippen LogP contribution in [-0.2, 0) is 24.8 Å². The molecule has 0 bridgehead atoms. The van der Waals surface area contributed by atoms with Crippen LogP contribution in [0.5, 0.6) is 0 Å². The zero-order valence-electron chi connectivity index (χ0n) is 9.43. The van der Waals surface area contributed by atoms with Crippen molar-refractivity contribution in [3.8, 4) is 0 Å². The van der Waals surface area contributed by atoms with Gasteiger partial charge in [0.25, 0.3) is 0 Å². The minimum absolute atomic E-state index is 0.513. The lowest BCUT2D eigenvalue weighted by atomic mass is 10.1. The van der Waals surface area contributed by atoms with Gasteiger partial charge in [-0.15, -0.1) is 0 Å². The molecule has 1 atom stereocenters. The molecule has 1 unspecified atom stereocenters. The van der Waals surface area contributed by atoms with E-state index in [0.29, 0.717) is 4.90 Å². The van der Waals surface area contributed by atoms with Gasteiger partial charge in [0, 0.05) is 0 Å². The smallest absolute Gasteiger partial charge is 0.339 e. The maximum atomic E-state index is 11.8. The van der Waals surface area contributed by atoms with Crippen LogP contribution in [0.25, 0.3) is 0 Å². The Hall–Kier alpha value is -1.20. The summed E-state index contributed by atoms with van der Waals surface area (Å²) in [6.07, 6.45) is 0. The van der Waals surface area contributed by atoms with E-state index in [0.717, 1.165) is 0 Å². The van der Waals surface area contributed by atoms with E-state index in [2.05, 4.69) is 4.74 Å². The molecule has 0 spiro atoms. The van der Waals surface area contributed by atoms with Crippen LogP contribution in [0.4, 0.5) is 0 Å². The van der Waals surface area contributed by atoms with Crippen molar-refractivity contribution in [2.75, 3.05) is 7.11 Å². The molecule has 0 aliphatic rings. The Balaban J connectivity index is 2.76. The molecule has 4 nitrogen and oxygen atoms in total. The highest BCUT2D eigenvalue weighted by molar-refractivity contribution is 7.80. The first-order valence-corrected chi connectivity index (χ1v) is 5.79. The molecule has 0 amide bonds. The third-order valence-corrected chi connectivity index (χ3v) is 3.12. The Bertz CT molecular complexity index is 386. The van der Waals surface area contributed by atoms with E-state index in [9.17, 15) is 9.00 Å². The summed E-state index contributed by atoms with van der Waals surface area (Å²) in [6, 6.07) is 8.66. The van der Waals surface area contributed by atoms with Crippen LogP contribution in [-0.4, -0.2) is 22.9 Å². The van der Waals surface area contributed by atoms with Crippen LogP contribution in [0.3, 0.4) is 0 Å². The second-order valence-corrected chi connectivity index (χ2v) is 4.74. The Morgan fingerprint density at radius 3 is 2.31 bits per heavy atom. The minimum atomic E-state index is -1.68. The molecule has 0 heterocycles. The summed E-state index contributed by atoms with van der Waals surface area (Å²) in [5.41, 5.74) is -1.23. The number of carbonyl (C=O) groups is 1. The van der Waals surface area contributed by atoms with Gasteiger partial charge in [0.05, 0.1) is 12.0 Å². The fraction of sp³-hybridized carbons (Fsp3) is 0.364. The second kappa shape index (κ2) is 5.23. The lowest BCUT2D eigenvalue weighted by Crippen LogP contribution is -2.36. The molecule has 0 N–H and O–H groups in total. The summed E-state index contributed by atoms with van der Waals surface area (Å²) in [6.45, 7) is 3.03. The molecule has 0 saturated carbocycles. The largest absolute Gasteiger partial charge is 0.467 e. The highest BCUT2D eigenvalue weighted by Crippen LogP contribution is 2.17. The molecule has 0 aliphatic heterocycles. The van der Waals surface area contributed by atoms with Crippen molar-refractivity contribution in [3.63, 3.8) is 0 Å². The van der Waals surface area contributed by atoms with Crippen molar-refractivity contribution in [1.29, 1.82) is 0 Å². The number of carbonyl (C=O) groups excluding carboxylic acids is 1. The lowest BCUT2D eigenvalue weighted by molar-refractivity contribution is -0.155. The summed E-state index contributed by atoms with van der Waals surface area (Å²) in [5.74, 6) is -0.559. The van der Waals surface area contributed by atoms with Gasteiger partial charge in [0.2, 0.25) is 0 Å². The standard InChI is InChI=1S/C11H14O4S/c1-11(2,10(12)14-3)15-16(13)9-7-5-4-6-8-9/h4-8H,1-3H3. The lowest BCUT2D eigenvalue weighted by Gasteiger charge is -2.20. The average Bonchev–Trinajstić information content (AvgIpc) is 2.28. The van der Waals surface area contributed by atoms with Crippen molar-refractivity contribution in [1.82, 2.24) is 0 Å². The van der Waals surface area contributed by atoms with Crippen molar-refractivity contribution in [2.24, 2.45) is 0 Å². The third-order valence-electron chi connectivity index (χ3n) is 1.90. The molecule has 1 aromatic carbocycles. The third kappa shape index (κ3) is 3.15. The minimum Gasteiger partial charge on any atom is -0.467 e. The van der Waals surface area contributed by atoms with Crippen LogP contribution in [0.15, 0.2) is 35.2 Å². The van der Waals surface area contributed by atoms with Gasteiger partial charge in [0.1, 0.15) is 0 Å². The summed E-state index contributed by atoms with van der Waals surface area (Å²) in [4.78, 5) is 11.8. The van der Waals surface area contributed by atoms with Gasteiger partial charge >= 0.3 is 5.97 Å². The predicted molar refractivity (Wildman–Crippen MR) is 60.0 cm³/mol. The second-order valence-electron chi connectivity index (χ2n) is 3.63. The Morgan fingerprint density at radius 2 is 1.81 bits per heavy atom. The van der Waals surface area contributed by atoms with Gasteiger partial charge in [-0.1, -0.05) is 18.2 Å². The molecule has 88 valence electrons. The molecule has 5 heteroatoms. The fourth-order valence-corrected chi connectivity index (χ4v) is 1.97. The summed E-state index contributed by atoms with van der Waals surface area (Å²) >= 11 is -1.68. The van der Waals surface area contributed by atoms with Gasteiger partial charge in [0.15, 0.2) is 16.7 Å². The van der Waals surface area contributed by atoms with Gasteiger partial charge in [-0.25, -0.2) is 9.00 Å². The normalized spacial score (nSPS) is 13.2. The van der Waals surface area contributed by atoms with E-state index in [1.165, 1.54) is 21.0 Å². The average molecular weight is 242 g/mol. The molecule has 0 saturated heterocycles. The first-order chi connectivity index (χ1) is 7.47. The summed E-state index contributed by atoms with van der Waals surface area (Å²) in [5, 5.41) is 0. The number of benzene rings is 1. The maximum Gasteiger partial charge on any atom is 0.339 e. The fourth-order valence-electron chi connectivity index (χ4n) is 1.05. The number of esters is 1. The highest BCUT2D eigenvalue weighted by atomic mass is 32.2. The van der Waals surface area contributed by atoms with E-state index >= 15 is 0 Å². The molecule has 0 aliphatic carbocycles. The molecule has 16 heavy (non-hydrogen) atoms. The zero-order chi connectivity index (χ0) is 12.2. The Labute approximate surface area is 97.2 Å². The molecule has 1 rings (SSSR count). The quantitative estimate of drug-likeness (QED) is 0.754. The molecule has 1 aromatic rings.